The summed E-state index contributed by atoms with van der Waals surface area (Å²) in [6, 6.07) is 11.2. The molecule has 0 aliphatic carbocycles. The van der Waals surface area contributed by atoms with Crippen molar-refractivity contribution in [3.8, 4) is 0 Å². The van der Waals surface area contributed by atoms with Gasteiger partial charge in [-0.3, -0.25) is 0 Å². The molecule has 0 aliphatic heterocycles. The van der Waals surface area contributed by atoms with Crippen LogP contribution in [0.1, 0.15) is 41.5 Å². The van der Waals surface area contributed by atoms with Gasteiger partial charge in [-0.05, 0) is 0 Å². The molecule has 0 atom stereocenters. The van der Waals surface area contributed by atoms with Gasteiger partial charge in [-0.1, -0.05) is 0 Å². The van der Waals surface area contributed by atoms with Gasteiger partial charge in [0.2, 0.25) is 0 Å². The molecular formula is C14H23Sb. The van der Waals surface area contributed by atoms with Gasteiger partial charge in [0.05, 0.1) is 0 Å². The van der Waals surface area contributed by atoms with Crippen molar-refractivity contribution in [1.29, 1.82) is 0 Å². The van der Waals surface area contributed by atoms with Crippen LogP contribution < -0.4 is 3.51 Å². The Morgan fingerprint density at radius 2 is 1.13 bits per heavy atom. The topological polar surface area (TPSA) is 0 Å². The van der Waals surface area contributed by atoms with Crippen molar-refractivity contribution in [2.45, 2.75) is 48.3 Å². The maximum absolute atomic E-state index is 2.41. The second kappa shape index (κ2) is 4.50. The van der Waals surface area contributed by atoms with Gasteiger partial charge in [0, 0.05) is 0 Å². The molecule has 0 saturated carbocycles. The van der Waals surface area contributed by atoms with E-state index in [1.807, 2.05) is 0 Å². The van der Waals surface area contributed by atoms with Crippen LogP contribution in [-0.2, 0) is 0 Å². The molecule has 84 valence electrons. The summed E-state index contributed by atoms with van der Waals surface area (Å²) in [7, 11) is 0. The molecular weight excluding hydrogens is 290 g/mol. The van der Waals surface area contributed by atoms with E-state index in [-0.39, 0.29) is 0 Å². The predicted octanol–water partition coefficient (Wildman–Crippen LogP) is 3.99. The molecule has 0 N–H and O–H groups in total. The van der Waals surface area contributed by atoms with Crippen LogP contribution in [0, 0.1) is 0 Å². The van der Waals surface area contributed by atoms with Crippen molar-refractivity contribution in [1.82, 2.24) is 0 Å². The van der Waals surface area contributed by atoms with E-state index in [1.165, 1.54) is 0 Å². The first-order chi connectivity index (χ1) is 6.73. The Balaban J connectivity index is 3.15. The Morgan fingerprint density at radius 3 is 1.47 bits per heavy atom. The molecule has 0 fully saturated rings. The van der Waals surface area contributed by atoms with E-state index in [0.29, 0.717) is 6.72 Å². The van der Waals surface area contributed by atoms with Crippen LogP contribution in [0.5, 0.6) is 0 Å². The Bertz CT molecular complexity index is 286. The second-order valence-electron chi connectivity index (χ2n) is 6.01. The van der Waals surface area contributed by atoms with E-state index in [4.69, 9.17) is 0 Å². The van der Waals surface area contributed by atoms with Crippen molar-refractivity contribution in [2.75, 3.05) is 0 Å². The molecule has 0 aliphatic rings. The van der Waals surface area contributed by atoms with Crippen LogP contribution in [0.3, 0.4) is 0 Å². The first-order valence-corrected chi connectivity index (χ1v) is 9.41. The van der Waals surface area contributed by atoms with Gasteiger partial charge in [0.15, 0.2) is 0 Å². The number of rotatable bonds is 1. The zero-order chi connectivity index (χ0) is 11.7. The van der Waals surface area contributed by atoms with Gasteiger partial charge in [-0.25, -0.2) is 0 Å². The van der Waals surface area contributed by atoms with Crippen molar-refractivity contribution in [3.63, 3.8) is 0 Å². The molecule has 0 heterocycles. The van der Waals surface area contributed by atoms with Crippen molar-refractivity contribution in [2.24, 2.45) is 0 Å². The zero-order valence-electron chi connectivity index (χ0n) is 10.8. The van der Waals surface area contributed by atoms with Gasteiger partial charge >= 0.3 is 102 Å². The molecule has 0 aromatic heterocycles. The fraction of sp³-hybridized carbons (Fsp3) is 0.571. The van der Waals surface area contributed by atoms with E-state index in [1.54, 1.807) is 3.51 Å². The molecule has 15 heavy (non-hydrogen) atoms. The molecule has 1 rings (SSSR count). The maximum atomic E-state index is 2.41. The second-order valence-corrected chi connectivity index (χ2v) is 17.1. The SMILES string of the molecule is C[C](C)(C)[Sb]([c]1ccccc1)[C](C)(C)C. The van der Waals surface area contributed by atoms with Gasteiger partial charge in [0.1, 0.15) is 0 Å². The summed E-state index contributed by atoms with van der Waals surface area (Å²) in [4.78, 5) is 0. The van der Waals surface area contributed by atoms with E-state index >= 15 is 0 Å². The van der Waals surface area contributed by atoms with Gasteiger partial charge in [-0.15, -0.1) is 0 Å². The molecule has 0 spiro atoms. The quantitative estimate of drug-likeness (QED) is 0.688. The van der Waals surface area contributed by atoms with Gasteiger partial charge in [0.25, 0.3) is 0 Å². The third-order valence-electron chi connectivity index (χ3n) is 2.36. The predicted molar refractivity (Wildman–Crippen MR) is 71.3 cm³/mol. The molecule has 0 unspecified atom stereocenters. The van der Waals surface area contributed by atoms with Crippen LogP contribution >= 0.6 is 0 Å². The van der Waals surface area contributed by atoms with E-state index in [2.05, 4.69) is 71.9 Å². The van der Waals surface area contributed by atoms with Gasteiger partial charge in [-0.2, -0.15) is 0 Å². The average Bonchev–Trinajstić information content (AvgIpc) is 2.00. The Labute approximate surface area is 102 Å². The Kier molecular flexibility index (Phi) is 3.93. The Morgan fingerprint density at radius 1 is 0.733 bits per heavy atom. The summed E-state index contributed by atoms with van der Waals surface area (Å²) in [5, 5.41) is 0. The van der Waals surface area contributed by atoms with Crippen molar-refractivity contribution >= 4 is 23.7 Å². The summed E-state index contributed by atoms with van der Waals surface area (Å²) >= 11 is -1.47. The Hall–Kier alpha value is 0.0382. The summed E-state index contributed by atoms with van der Waals surface area (Å²) < 4.78 is 2.62. The number of hydrogen-bond donors (Lipinski definition) is 0. The minimum atomic E-state index is -1.47. The number of benzene rings is 1. The summed E-state index contributed by atoms with van der Waals surface area (Å²) in [6.07, 6.45) is 0. The molecule has 1 heteroatoms. The standard InChI is InChI=1S/C6H5.2C4H9.Sb/c1-2-4-6-5-3-1;2*1-4(2)3;/h1-5H;2*1-3H3;. The first kappa shape index (κ1) is 13.1. The van der Waals surface area contributed by atoms with Crippen LogP contribution in [0.2, 0.25) is 6.72 Å². The zero-order valence-corrected chi connectivity index (χ0v) is 13.4. The molecule has 0 nitrogen and oxygen atoms in total. The third kappa shape index (κ3) is 3.52. The van der Waals surface area contributed by atoms with E-state index in [0.717, 1.165) is 0 Å². The van der Waals surface area contributed by atoms with Crippen molar-refractivity contribution in [3.05, 3.63) is 30.3 Å². The van der Waals surface area contributed by atoms with Crippen LogP contribution in [-0.4, -0.2) is 20.2 Å². The first-order valence-electron chi connectivity index (χ1n) is 5.58. The normalized spacial score (nSPS) is 13.3. The van der Waals surface area contributed by atoms with Crippen LogP contribution in [0.4, 0.5) is 0 Å². The molecule has 0 amide bonds. The molecule has 1 aromatic rings. The summed E-state index contributed by atoms with van der Waals surface area (Å²) in [5.74, 6) is 0. The van der Waals surface area contributed by atoms with Crippen molar-refractivity contribution < 1.29 is 0 Å². The number of hydrogen-bond acceptors (Lipinski definition) is 0. The minimum absolute atomic E-state index is 0.488. The molecule has 1 aromatic carbocycles. The van der Waals surface area contributed by atoms with Crippen LogP contribution in [0.25, 0.3) is 0 Å². The fourth-order valence-electron chi connectivity index (χ4n) is 2.36. The van der Waals surface area contributed by atoms with Crippen LogP contribution in [0.15, 0.2) is 30.3 Å². The fourth-order valence-corrected chi connectivity index (χ4v) is 13.9. The average molecular weight is 313 g/mol. The molecule has 0 bridgehead atoms. The molecule has 0 radical (unpaired) electrons. The van der Waals surface area contributed by atoms with Gasteiger partial charge < -0.3 is 0 Å². The van der Waals surface area contributed by atoms with E-state index < -0.39 is 20.2 Å². The summed E-state index contributed by atoms with van der Waals surface area (Å²) in [5.41, 5.74) is 0. The molecule has 0 saturated heterocycles. The van der Waals surface area contributed by atoms with E-state index in [9.17, 15) is 0 Å². The summed E-state index contributed by atoms with van der Waals surface area (Å²) in [6.45, 7) is 14.5. The third-order valence-corrected chi connectivity index (χ3v) is 12.3. The monoisotopic (exact) mass is 312 g/mol.